The molecule has 6 heteroatoms. The minimum atomic E-state index is -1.97. The van der Waals surface area contributed by atoms with Gasteiger partial charge in [-0.1, -0.05) is 74.5 Å². The number of hydrogen-bond donors (Lipinski definition) is 0. The van der Waals surface area contributed by atoms with Gasteiger partial charge in [-0.05, 0) is 135 Å². The predicted molar refractivity (Wildman–Crippen MR) is 197 cm³/mol. The number of fused-ring (bicyclic) bond motifs is 1. The molecule has 0 N–H and O–H groups in total. The summed E-state index contributed by atoms with van der Waals surface area (Å²) in [6.45, 7) is 35.7. The Kier molecular flexibility index (Phi) is 12.8. The molecule has 3 saturated carbocycles. The third-order valence-corrected chi connectivity index (χ3v) is 22.3. The van der Waals surface area contributed by atoms with Crippen LogP contribution in [0, 0.1) is 29.1 Å². The van der Waals surface area contributed by atoms with E-state index in [1.165, 1.54) is 43.3 Å². The minimum absolute atomic E-state index is 0.0378. The van der Waals surface area contributed by atoms with Crippen LogP contribution in [0.5, 0.6) is 0 Å². The Morgan fingerprint density at radius 2 is 1.64 bits per heavy atom. The smallest absolute Gasteiger partial charge is 0.305 e. The Balaban J connectivity index is 1.77. The van der Waals surface area contributed by atoms with Gasteiger partial charge >= 0.3 is 5.97 Å². The zero-order valence-corrected chi connectivity index (χ0v) is 33.9. The standard InChI is InChI=1S/C39H72O4Si2/c1-15-41-36(40)20-16-18-28(2)33-23-24-34-30(19-17-25-39(33,34)10)21-22-31-26-32(42-44(11,12)37(4,5)6)27-35(29(31)3)43-45(13,14)38(7,8)9/h22,28,30,32-35H,3,15-21,23-27H2,1-2,4-14H3/b31-22+/t28-,30?,32-,33-,34+,35+,39-/m1/s1. The van der Waals surface area contributed by atoms with Crippen LogP contribution in [0.4, 0.5) is 0 Å². The lowest BCUT2D eigenvalue weighted by molar-refractivity contribution is -0.143. The molecular weight excluding hydrogens is 589 g/mol. The van der Waals surface area contributed by atoms with Crippen LogP contribution in [0.25, 0.3) is 0 Å². The summed E-state index contributed by atoms with van der Waals surface area (Å²) < 4.78 is 19.4. The van der Waals surface area contributed by atoms with Crippen molar-refractivity contribution in [2.45, 2.75) is 181 Å². The van der Waals surface area contributed by atoms with Crippen molar-refractivity contribution in [3.05, 3.63) is 23.8 Å². The molecule has 0 saturated heterocycles. The van der Waals surface area contributed by atoms with Gasteiger partial charge in [0, 0.05) is 12.8 Å². The van der Waals surface area contributed by atoms with Crippen LogP contribution in [0.3, 0.4) is 0 Å². The molecule has 3 aliphatic rings. The summed E-state index contributed by atoms with van der Waals surface area (Å²) in [5.41, 5.74) is 3.03. The molecule has 0 radical (unpaired) electrons. The molecule has 45 heavy (non-hydrogen) atoms. The quantitative estimate of drug-likeness (QED) is 0.154. The molecule has 0 amide bonds. The molecule has 3 rings (SSSR count). The topological polar surface area (TPSA) is 44.8 Å². The number of allylic oxidation sites excluding steroid dienone is 1. The van der Waals surface area contributed by atoms with E-state index in [2.05, 4.69) is 87.7 Å². The second kappa shape index (κ2) is 14.8. The lowest BCUT2D eigenvalue weighted by Gasteiger charge is -2.47. The van der Waals surface area contributed by atoms with Crippen LogP contribution < -0.4 is 0 Å². The lowest BCUT2D eigenvalue weighted by Crippen LogP contribution is -2.49. The van der Waals surface area contributed by atoms with Crippen molar-refractivity contribution in [1.82, 2.24) is 0 Å². The number of rotatable bonds is 12. The highest BCUT2D eigenvalue weighted by Gasteiger charge is 2.52. The highest BCUT2D eigenvalue weighted by atomic mass is 28.4. The first-order valence-corrected chi connectivity index (χ1v) is 24.3. The maximum atomic E-state index is 11.9. The van der Waals surface area contributed by atoms with E-state index in [4.69, 9.17) is 20.2 Å². The van der Waals surface area contributed by atoms with E-state index in [0.717, 1.165) is 49.9 Å². The third kappa shape index (κ3) is 9.26. The third-order valence-electron chi connectivity index (χ3n) is 13.3. The van der Waals surface area contributed by atoms with Crippen LogP contribution in [-0.2, 0) is 18.4 Å². The Labute approximate surface area is 281 Å². The van der Waals surface area contributed by atoms with Crippen molar-refractivity contribution < 1.29 is 18.4 Å². The number of carbonyl (C=O) groups is 1. The SMILES string of the molecule is C=C1/C(=C/CC2CCC[C@]3(C)[C@@H]([C@H](C)CCCC(=O)OCC)CC[C@@H]23)C[C@@H](O[Si](C)(C)C(C)(C)C)C[C@@H]1O[Si](C)(C)C(C)(C)C. The summed E-state index contributed by atoms with van der Waals surface area (Å²) in [4.78, 5) is 11.9. The van der Waals surface area contributed by atoms with E-state index in [0.29, 0.717) is 24.4 Å². The first kappa shape index (κ1) is 38.7. The first-order valence-electron chi connectivity index (χ1n) is 18.5. The van der Waals surface area contributed by atoms with Gasteiger partial charge in [-0.3, -0.25) is 4.79 Å². The van der Waals surface area contributed by atoms with Crippen LogP contribution in [0.15, 0.2) is 23.8 Å². The van der Waals surface area contributed by atoms with Gasteiger partial charge in [0.05, 0.1) is 18.8 Å². The maximum absolute atomic E-state index is 11.9. The predicted octanol–water partition coefficient (Wildman–Crippen LogP) is 11.6. The van der Waals surface area contributed by atoms with Crippen molar-refractivity contribution >= 4 is 22.6 Å². The van der Waals surface area contributed by atoms with Gasteiger partial charge in [0.1, 0.15) is 0 Å². The lowest BCUT2D eigenvalue weighted by atomic mass is 9.58. The molecule has 260 valence electrons. The van der Waals surface area contributed by atoms with Gasteiger partial charge in [0.2, 0.25) is 0 Å². The summed E-state index contributed by atoms with van der Waals surface area (Å²) in [5, 5.41) is 0.342. The Morgan fingerprint density at radius 3 is 2.24 bits per heavy atom. The van der Waals surface area contributed by atoms with E-state index < -0.39 is 16.6 Å². The fourth-order valence-corrected chi connectivity index (χ4v) is 11.2. The molecule has 3 aliphatic carbocycles. The van der Waals surface area contributed by atoms with Gasteiger partial charge in [0.15, 0.2) is 16.6 Å². The zero-order valence-electron chi connectivity index (χ0n) is 31.9. The van der Waals surface area contributed by atoms with Gasteiger partial charge < -0.3 is 13.6 Å². The molecule has 7 atom stereocenters. The van der Waals surface area contributed by atoms with E-state index in [-0.39, 0.29) is 28.3 Å². The fourth-order valence-electron chi connectivity index (χ4n) is 8.49. The van der Waals surface area contributed by atoms with Gasteiger partial charge in [0.25, 0.3) is 0 Å². The van der Waals surface area contributed by atoms with Gasteiger partial charge in [-0.25, -0.2) is 0 Å². The number of hydrogen-bond acceptors (Lipinski definition) is 4. The van der Waals surface area contributed by atoms with Crippen molar-refractivity contribution in [3.63, 3.8) is 0 Å². The molecule has 0 aromatic carbocycles. The minimum Gasteiger partial charge on any atom is -0.466 e. The molecule has 0 heterocycles. The highest BCUT2D eigenvalue weighted by molar-refractivity contribution is 6.74. The van der Waals surface area contributed by atoms with Crippen molar-refractivity contribution in [2.75, 3.05) is 6.61 Å². The molecule has 0 spiro atoms. The van der Waals surface area contributed by atoms with E-state index in [1.54, 1.807) is 0 Å². The van der Waals surface area contributed by atoms with Crippen LogP contribution in [0.1, 0.15) is 133 Å². The Bertz CT molecular complexity index is 1050. The molecule has 3 fully saturated rings. The largest absolute Gasteiger partial charge is 0.466 e. The second-order valence-electron chi connectivity index (χ2n) is 18.4. The Hall–Kier alpha value is -0.696. The zero-order chi connectivity index (χ0) is 34.0. The summed E-state index contributed by atoms with van der Waals surface area (Å²) in [5.74, 6) is 2.91. The summed E-state index contributed by atoms with van der Waals surface area (Å²) in [7, 11) is -3.89. The van der Waals surface area contributed by atoms with Gasteiger partial charge in [-0.2, -0.15) is 0 Å². The number of carbonyl (C=O) groups excluding carboxylic acids is 1. The first-order chi connectivity index (χ1) is 20.6. The average Bonchev–Trinajstić information content (AvgIpc) is 3.25. The van der Waals surface area contributed by atoms with Crippen molar-refractivity contribution in [3.8, 4) is 0 Å². The molecular formula is C39H72O4Si2. The Morgan fingerprint density at radius 1 is 1.02 bits per heavy atom. The van der Waals surface area contributed by atoms with Crippen LogP contribution >= 0.6 is 0 Å². The monoisotopic (exact) mass is 660 g/mol. The van der Waals surface area contributed by atoms with Crippen LogP contribution in [-0.4, -0.2) is 41.4 Å². The molecule has 0 aromatic heterocycles. The van der Waals surface area contributed by atoms with Crippen molar-refractivity contribution in [1.29, 1.82) is 0 Å². The second-order valence-corrected chi connectivity index (χ2v) is 27.9. The average molecular weight is 661 g/mol. The van der Waals surface area contributed by atoms with Crippen LogP contribution in [0.2, 0.25) is 36.3 Å². The summed E-state index contributed by atoms with van der Waals surface area (Å²) in [6, 6.07) is 0. The number of esters is 1. The van der Waals surface area contributed by atoms with E-state index in [1.807, 2.05) is 6.92 Å². The van der Waals surface area contributed by atoms with E-state index in [9.17, 15) is 4.79 Å². The molecule has 0 aliphatic heterocycles. The molecule has 0 aromatic rings. The number of ether oxygens (including phenoxy) is 1. The summed E-state index contributed by atoms with van der Waals surface area (Å²) in [6.07, 6.45) is 15.2. The summed E-state index contributed by atoms with van der Waals surface area (Å²) >= 11 is 0. The normalized spacial score (nSPS) is 31.6. The highest BCUT2D eigenvalue weighted by Crippen LogP contribution is 2.60. The fraction of sp³-hybridized carbons (Fsp3) is 0.872. The van der Waals surface area contributed by atoms with Gasteiger partial charge in [-0.15, -0.1) is 0 Å². The molecule has 1 unspecified atom stereocenters. The molecule has 0 bridgehead atoms. The maximum Gasteiger partial charge on any atom is 0.305 e. The molecule has 4 nitrogen and oxygen atoms in total. The van der Waals surface area contributed by atoms with Crippen molar-refractivity contribution in [2.24, 2.45) is 29.1 Å². The van der Waals surface area contributed by atoms with E-state index >= 15 is 0 Å².